The second kappa shape index (κ2) is 8.05. The number of nitrogens with one attached hydrogen (secondary N) is 1. The van der Waals surface area contributed by atoms with E-state index in [1.54, 1.807) is 13.0 Å². The Labute approximate surface area is 125 Å². The third-order valence-corrected chi connectivity index (χ3v) is 3.63. The minimum absolute atomic E-state index is 0.0564. The van der Waals surface area contributed by atoms with Gasteiger partial charge in [0.05, 0.1) is 10.7 Å². The molecular formula is C16H22ClNO2. The van der Waals surface area contributed by atoms with Crippen molar-refractivity contribution in [3.63, 3.8) is 0 Å². The summed E-state index contributed by atoms with van der Waals surface area (Å²) in [4.78, 5) is 23.0. The van der Waals surface area contributed by atoms with Crippen LogP contribution in [0.25, 0.3) is 0 Å². The Morgan fingerprint density at radius 1 is 1.30 bits per heavy atom. The van der Waals surface area contributed by atoms with E-state index in [1.807, 2.05) is 26.0 Å². The normalized spacial score (nSPS) is 10.7. The van der Waals surface area contributed by atoms with Gasteiger partial charge < -0.3 is 5.32 Å². The minimum atomic E-state index is -0.0564. The third kappa shape index (κ3) is 4.97. The number of carbonyl (C=O) groups excluding carboxylic acids is 2. The number of rotatable bonds is 7. The molecule has 1 amide bonds. The van der Waals surface area contributed by atoms with Crippen molar-refractivity contribution in [1.29, 1.82) is 0 Å². The Morgan fingerprint density at radius 3 is 2.60 bits per heavy atom. The summed E-state index contributed by atoms with van der Waals surface area (Å²) in [5.41, 5.74) is 1.61. The number of aryl methyl sites for hydroxylation is 1. The maximum atomic E-state index is 11.6. The van der Waals surface area contributed by atoms with Crippen molar-refractivity contribution < 1.29 is 9.59 Å². The van der Waals surface area contributed by atoms with E-state index in [1.165, 1.54) is 0 Å². The van der Waals surface area contributed by atoms with Crippen molar-refractivity contribution in [1.82, 2.24) is 0 Å². The van der Waals surface area contributed by atoms with Gasteiger partial charge in [-0.3, -0.25) is 9.59 Å². The summed E-state index contributed by atoms with van der Waals surface area (Å²) in [7, 11) is 0. The Balaban J connectivity index is 2.65. The number of benzene rings is 1. The SMILES string of the molecule is CCC(=O)Nc1cccc(CCCC(=O)C(C)C)c1Cl. The summed E-state index contributed by atoms with van der Waals surface area (Å²) >= 11 is 6.29. The van der Waals surface area contributed by atoms with Gasteiger partial charge in [-0.25, -0.2) is 0 Å². The molecule has 0 saturated carbocycles. The number of amides is 1. The molecule has 1 rings (SSSR count). The molecule has 0 aromatic heterocycles. The number of Topliss-reactive ketones (excluding diaryl/α,β-unsaturated/α-hetero) is 1. The summed E-state index contributed by atoms with van der Waals surface area (Å²) in [6, 6.07) is 5.60. The van der Waals surface area contributed by atoms with E-state index in [-0.39, 0.29) is 17.6 Å². The molecule has 0 heterocycles. The van der Waals surface area contributed by atoms with Gasteiger partial charge in [0.2, 0.25) is 5.91 Å². The van der Waals surface area contributed by atoms with Crippen molar-refractivity contribution in [2.45, 2.75) is 46.5 Å². The minimum Gasteiger partial charge on any atom is -0.325 e. The molecule has 0 fully saturated rings. The summed E-state index contributed by atoms with van der Waals surface area (Å²) in [5, 5.41) is 3.36. The monoisotopic (exact) mass is 295 g/mol. The van der Waals surface area contributed by atoms with Crippen LogP contribution in [0.15, 0.2) is 18.2 Å². The van der Waals surface area contributed by atoms with Gasteiger partial charge in [-0.15, -0.1) is 0 Å². The smallest absolute Gasteiger partial charge is 0.224 e. The van der Waals surface area contributed by atoms with Gasteiger partial charge in [-0.2, -0.15) is 0 Å². The summed E-state index contributed by atoms with van der Waals surface area (Å²) in [6.07, 6.45) is 2.51. The Morgan fingerprint density at radius 2 is 2.00 bits per heavy atom. The number of hydrogen-bond donors (Lipinski definition) is 1. The zero-order valence-electron chi connectivity index (χ0n) is 12.3. The maximum Gasteiger partial charge on any atom is 0.224 e. The van der Waals surface area contributed by atoms with Crippen LogP contribution in [0, 0.1) is 5.92 Å². The topological polar surface area (TPSA) is 46.2 Å². The lowest BCUT2D eigenvalue weighted by Crippen LogP contribution is -2.10. The number of hydrogen-bond acceptors (Lipinski definition) is 2. The highest BCUT2D eigenvalue weighted by Crippen LogP contribution is 2.27. The molecule has 0 aliphatic rings. The number of halogens is 1. The predicted molar refractivity (Wildman–Crippen MR) is 83.2 cm³/mol. The largest absolute Gasteiger partial charge is 0.325 e. The van der Waals surface area contributed by atoms with E-state index in [2.05, 4.69) is 5.32 Å². The first-order valence-electron chi connectivity index (χ1n) is 7.05. The van der Waals surface area contributed by atoms with E-state index < -0.39 is 0 Å². The zero-order valence-corrected chi connectivity index (χ0v) is 13.1. The fraction of sp³-hybridized carbons (Fsp3) is 0.500. The molecule has 20 heavy (non-hydrogen) atoms. The van der Waals surface area contributed by atoms with Crippen molar-refractivity contribution in [2.24, 2.45) is 5.92 Å². The molecule has 0 radical (unpaired) electrons. The van der Waals surface area contributed by atoms with Crippen molar-refractivity contribution in [3.8, 4) is 0 Å². The first-order valence-corrected chi connectivity index (χ1v) is 7.43. The lowest BCUT2D eigenvalue weighted by molar-refractivity contribution is -0.122. The molecule has 0 aliphatic carbocycles. The average molecular weight is 296 g/mol. The zero-order chi connectivity index (χ0) is 15.1. The van der Waals surface area contributed by atoms with Crippen LogP contribution >= 0.6 is 11.6 Å². The first-order chi connectivity index (χ1) is 9.45. The van der Waals surface area contributed by atoms with Crippen LogP contribution in [0.1, 0.15) is 45.6 Å². The second-order valence-corrected chi connectivity index (χ2v) is 5.53. The number of anilines is 1. The van der Waals surface area contributed by atoms with Gasteiger partial charge in [0.1, 0.15) is 5.78 Å². The Hall–Kier alpha value is -1.35. The van der Waals surface area contributed by atoms with Crippen LogP contribution in [0.2, 0.25) is 5.02 Å². The lowest BCUT2D eigenvalue weighted by Gasteiger charge is -2.10. The quantitative estimate of drug-likeness (QED) is 0.818. The Bertz CT molecular complexity index is 483. The van der Waals surface area contributed by atoms with Gasteiger partial charge >= 0.3 is 0 Å². The number of ketones is 1. The molecule has 0 aliphatic heterocycles. The molecule has 1 N–H and O–H groups in total. The van der Waals surface area contributed by atoms with Crippen LogP contribution in [-0.2, 0) is 16.0 Å². The Kier molecular flexibility index (Phi) is 6.73. The highest BCUT2D eigenvalue weighted by Gasteiger charge is 2.10. The van der Waals surface area contributed by atoms with Crippen molar-refractivity contribution >= 4 is 29.0 Å². The molecule has 1 aromatic carbocycles. The van der Waals surface area contributed by atoms with Gasteiger partial charge in [0.15, 0.2) is 0 Å². The fourth-order valence-corrected chi connectivity index (χ4v) is 2.12. The molecular weight excluding hydrogens is 274 g/mol. The van der Waals surface area contributed by atoms with Crippen LogP contribution < -0.4 is 5.32 Å². The molecule has 3 nitrogen and oxygen atoms in total. The third-order valence-electron chi connectivity index (χ3n) is 3.19. The van der Waals surface area contributed by atoms with E-state index in [0.29, 0.717) is 23.6 Å². The van der Waals surface area contributed by atoms with Gasteiger partial charge in [-0.1, -0.05) is 44.5 Å². The van der Waals surface area contributed by atoms with E-state index in [0.717, 1.165) is 18.4 Å². The summed E-state index contributed by atoms with van der Waals surface area (Å²) < 4.78 is 0. The molecule has 4 heteroatoms. The first kappa shape index (κ1) is 16.7. The summed E-state index contributed by atoms with van der Waals surface area (Å²) in [5.74, 6) is 0.302. The molecule has 0 saturated heterocycles. The maximum absolute atomic E-state index is 11.6. The van der Waals surface area contributed by atoms with Gasteiger partial charge in [-0.05, 0) is 24.5 Å². The standard InChI is InChI=1S/C16H22ClNO2/c1-4-15(20)18-13-9-5-7-12(16(13)17)8-6-10-14(19)11(2)3/h5,7,9,11H,4,6,8,10H2,1-3H3,(H,18,20). The highest BCUT2D eigenvalue weighted by molar-refractivity contribution is 6.34. The molecule has 110 valence electrons. The molecule has 0 spiro atoms. The van der Waals surface area contributed by atoms with Crippen LogP contribution in [0.4, 0.5) is 5.69 Å². The predicted octanol–water partition coefficient (Wildman–Crippen LogP) is 4.24. The van der Waals surface area contributed by atoms with Gasteiger partial charge in [0, 0.05) is 18.8 Å². The summed E-state index contributed by atoms with van der Waals surface area (Å²) in [6.45, 7) is 5.62. The van der Waals surface area contributed by atoms with Crippen molar-refractivity contribution in [2.75, 3.05) is 5.32 Å². The molecule has 0 atom stereocenters. The van der Waals surface area contributed by atoms with Gasteiger partial charge in [0.25, 0.3) is 0 Å². The molecule has 0 unspecified atom stereocenters. The lowest BCUT2D eigenvalue weighted by atomic mass is 10.0. The van der Waals surface area contributed by atoms with E-state index >= 15 is 0 Å². The average Bonchev–Trinajstić information content (AvgIpc) is 2.42. The molecule has 1 aromatic rings. The number of carbonyl (C=O) groups is 2. The second-order valence-electron chi connectivity index (χ2n) is 5.15. The van der Waals surface area contributed by atoms with E-state index in [9.17, 15) is 9.59 Å². The van der Waals surface area contributed by atoms with E-state index in [4.69, 9.17) is 11.6 Å². The van der Waals surface area contributed by atoms with Crippen LogP contribution in [0.5, 0.6) is 0 Å². The molecule has 0 bridgehead atoms. The van der Waals surface area contributed by atoms with Crippen LogP contribution in [-0.4, -0.2) is 11.7 Å². The highest BCUT2D eigenvalue weighted by atomic mass is 35.5. The van der Waals surface area contributed by atoms with Crippen molar-refractivity contribution in [3.05, 3.63) is 28.8 Å². The van der Waals surface area contributed by atoms with Crippen LogP contribution in [0.3, 0.4) is 0 Å². The fourth-order valence-electron chi connectivity index (χ4n) is 1.85.